The number of Topliss-reactive ketones (excluding diaryl/α,β-unsaturated/α-hetero) is 2. The first-order chi connectivity index (χ1) is 18.5. The molecular formula is C34H48Br2O2. The Labute approximate surface area is 249 Å². The van der Waals surface area contributed by atoms with E-state index in [1.165, 1.54) is 77.0 Å². The molecule has 2 nitrogen and oxygen atoms in total. The predicted molar refractivity (Wildman–Crippen MR) is 170 cm³/mol. The highest BCUT2D eigenvalue weighted by Gasteiger charge is 2.19. The van der Waals surface area contributed by atoms with Gasteiger partial charge in [0.2, 0.25) is 0 Å². The summed E-state index contributed by atoms with van der Waals surface area (Å²) in [4.78, 5) is 26.7. The average Bonchev–Trinajstić information content (AvgIpc) is 2.91. The van der Waals surface area contributed by atoms with Crippen LogP contribution in [0.25, 0.3) is 11.1 Å². The van der Waals surface area contributed by atoms with E-state index in [-0.39, 0.29) is 11.6 Å². The quantitative estimate of drug-likeness (QED) is 0.0997. The first-order valence-electron chi connectivity index (χ1n) is 15.1. The molecule has 2 aromatic carbocycles. The molecule has 0 saturated carbocycles. The van der Waals surface area contributed by atoms with Crippen molar-refractivity contribution in [2.24, 2.45) is 0 Å². The number of hydrogen-bond donors (Lipinski definition) is 0. The fourth-order valence-corrected chi connectivity index (χ4v) is 5.79. The topological polar surface area (TPSA) is 34.1 Å². The molecule has 210 valence electrons. The summed E-state index contributed by atoms with van der Waals surface area (Å²) in [5.41, 5.74) is 3.16. The highest BCUT2D eigenvalue weighted by Crippen LogP contribution is 2.33. The van der Waals surface area contributed by atoms with E-state index in [2.05, 4.69) is 45.7 Å². The number of unbranched alkanes of at least 4 members (excludes halogenated alkanes) is 14. The van der Waals surface area contributed by atoms with Gasteiger partial charge in [-0.25, -0.2) is 0 Å². The van der Waals surface area contributed by atoms with E-state index in [1.54, 1.807) is 0 Å². The first-order valence-corrected chi connectivity index (χ1v) is 16.7. The van der Waals surface area contributed by atoms with Crippen molar-refractivity contribution in [3.8, 4) is 11.1 Å². The van der Waals surface area contributed by atoms with Gasteiger partial charge >= 0.3 is 0 Å². The summed E-state index contributed by atoms with van der Waals surface area (Å²) in [7, 11) is 0. The number of hydrogen-bond acceptors (Lipinski definition) is 2. The second kappa shape index (κ2) is 19.7. The number of halogens is 2. The third kappa shape index (κ3) is 12.3. The van der Waals surface area contributed by atoms with Crippen LogP contribution in [0.4, 0.5) is 0 Å². The average molecular weight is 649 g/mol. The molecule has 0 aliphatic heterocycles. The summed E-state index contributed by atoms with van der Waals surface area (Å²) in [6, 6.07) is 11.8. The molecule has 0 bridgehead atoms. The lowest BCUT2D eigenvalue weighted by Crippen LogP contribution is -2.06. The van der Waals surface area contributed by atoms with Crippen LogP contribution in [0.3, 0.4) is 0 Å². The van der Waals surface area contributed by atoms with Gasteiger partial charge in [0.25, 0.3) is 0 Å². The largest absolute Gasteiger partial charge is 0.294 e. The summed E-state index contributed by atoms with van der Waals surface area (Å²) in [5.74, 6) is 0.327. The van der Waals surface area contributed by atoms with Crippen LogP contribution >= 0.6 is 31.9 Å². The first kappa shape index (κ1) is 32.9. The SMILES string of the molecule is CCCCCCCCCCC(=O)c1cc(Br)ccc1-c1ccc(Br)cc1C(=O)CCCCCCCCCC. The molecule has 0 spiro atoms. The van der Waals surface area contributed by atoms with Crippen molar-refractivity contribution in [3.63, 3.8) is 0 Å². The number of carbonyl (C=O) groups excluding carboxylic acids is 2. The Morgan fingerprint density at radius 2 is 0.816 bits per heavy atom. The van der Waals surface area contributed by atoms with Gasteiger partial charge in [0.05, 0.1) is 0 Å². The van der Waals surface area contributed by atoms with Gasteiger partial charge in [-0.15, -0.1) is 0 Å². The fourth-order valence-electron chi connectivity index (χ4n) is 5.07. The van der Waals surface area contributed by atoms with Crippen molar-refractivity contribution in [2.45, 2.75) is 129 Å². The van der Waals surface area contributed by atoms with Crippen molar-refractivity contribution >= 4 is 43.4 Å². The van der Waals surface area contributed by atoms with E-state index >= 15 is 0 Å². The minimum atomic E-state index is 0.164. The van der Waals surface area contributed by atoms with Crippen LogP contribution in [0.5, 0.6) is 0 Å². The van der Waals surface area contributed by atoms with E-state index in [0.29, 0.717) is 24.0 Å². The van der Waals surface area contributed by atoms with Gasteiger partial charge in [0.1, 0.15) is 0 Å². The molecule has 0 heterocycles. The smallest absolute Gasteiger partial charge is 0.163 e. The van der Waals surface area contributed by atoms with E-state index < -0.39 is 0 Å². The molecule has 38 heavy (non-hydrogen) atoms. The van der Waals surface area contributed by atoms with Gasteiger partial charge in [0.15, 0.2) is 11.6 Å². The normalized spacial score (nSPS) is 11.2. The number of carbonyl (C=O) groups is 2. The Morgan fingerprint density at radius 1 is 0.500 bits per heavy atom. The third-order valence-electron chi connectivity index (χ3n) is 7.37. The van der Waals surface area contributed by atoms with Crippen LogP contribution in [0.2, 0.25) is 0 Å². The number of rotatable bonds is 21. The second-order valence-electron chi connectivity index (χ2n) is 10.7. The van der Waals surface area contributed by atoms with Gasteiger partial charge in [-0.2, -0.15) is 0 Å². The van der Waals surface area contributed by atoms with Crippen molar-refractivity contribution in [1.82, 2.24) is 0 Å². The fraction of sp³-hybridized carbons (Fsp3) is 0.588. The van der Waals surface area contributed by atoms with Gasteiger partial charge in [-0.05, 0) is 48.2 Å². The van der Waals surface area contributed by atoms with Gasteiger partial charge in [-0.1, -0.05) is 148 Å². The number of benzene rings is 2. The molecule has 0 aliphatic rings. The lowest BCUT2D eigenvalue weighted by molar-refractivity contribution is 0.0969. The standard InChI is InChI=1S/C34H48Br2O2/c1-3-5-7-9-11-13-15-17-19-33(37)31-25-27(35)21-23-29(31)30-24-22-28(36)26-32(30)34(38)20-18-16-14-12-10-8-6-4-2/h21-26H,3-20H2,1-2H3. The molecule has 0 aliphatic carbocycles. The van der Waals surface area contributed by atoms with Crippen LogP contribution in [0.15, 0.2) is 45.3 Å². The monoisotopic (exact) mass is 646 g/mol. The van der Waals surface area contributed by atoms with Crippen LogP contribution in [-0.4, -0.2) is 11.6 Å². The Hall–Kier alpha value is -1.26. The molecule has 0 fully saturated rings. The summed E-state index contributed by atoms with van der Waals surface area (Å²) >= 11 is 7.12. The van der Waals surface area contributed by atoms with E-state index in [4.69, 9.17) is 0 Å². The van der Waals surface area contributed by atoms with Gasteiger partial charge in [-0.3, -0.25) is 9.59 Å². The Morgan fingerprint density at radius 3 is 1.16 bits per heavy atom. The highest BCUT2D eigenvalue weighted by atomic mass is 79.9. The van der Waals surface area contributed by atoms with Gasteiger partial charge in [0, 0.05) is 32.9 Å². The molecule has 0 amide bonds. The molecule has 0 atom stereocenters. The van der Waals surface area contributed by atoms with Crippen molar-refractivity contribution in [3.05, 3.63) is 56.5 Å². The molecule has 0 aromatic heterocycles. The minimum absolute atomic E-state index is 0.164. The lowest BCUT2D eigenvalue weighted by Gasteiger charge is -2.14. The molecule has 0 unspecified atom stereocenters. The summed E-state index contributed by atoms with van der Waals surface area (Å²) in [6.07, 6.45) is 20.5. The van der Waals surface area contributed by atoms with Crippen LogP contribution in [-0.2, 0) is 0 Å². The maximum Gasteiger partial charge on any atom is 0.163 e. The molecule has 0 saturated heterocycles. The highest BCUT2D eigenvalue weighted by molar-refractivity contribution is 9.10. The molecular weight excluding hydrogens is 600 g/mol. The molecule has 4 heteroatoms. The van der Waals surface area contributed by atoms with E-state index in [9.17, 15) is 9.59 Å². The second-order valence-corrected chi connectivity index (χ2v) is 12.5. The Balaban J connectivity index is 2.02. The molecule has 0 radical (unpaired) electrons. The summed E-state index contributed by atoms with van der Waals surface area (Å²) in [6.45, 7) is 4.48. The molecule has 2 rings (SSSR count). The van der Waals surface area contributed by atoms with Crippen molar-refractivity contribution < 1.29 is 9.59 Å². The molecule has 0 N–H and O–H groups in total. The Kier molecular flexibility index (Phi) is 17.1. The van der Waals surface area contributed by atoms with Crippen molar-refractivity contribution in [2.75, 3.05) is 0 Å². The summed E-state index contributed by atoms with van der Waals surface area (Å²) < 4.78 is 1.79. The predicted octanol–water partition coefficient (Wildman–Crippen LogP) is 12.3. The maximum absolute atomic E-state index is 13.3. The maximum atomic E-state index is 13.3. The van der Waals surface area contributed by atoms with Crippen LogP contribution in [0, 0.1) is 0 Å². The van der Waals surface area contributed by atoms with Crippen molar-refractivity contribution in [1.29, 1.82) is 0 Å². The van der Waals surface area contributed by atoms with Crippen LogP contribution < -0.4 is 0 Å². The minimum Gasteiger partial charge on any atom is -0.294 e. The zero-order valence-electron chi connectivity index (χ0n) is 23.8. The number of ketones is 2. The van der Waals surface area contributed by atoms with Gasteiger partial charge < -0.3 is 0 Å². The Bertz CT molecular complexity index is 903. The zero-order chi connectivity index (χ0) is 27.6. The van der Waals surface area contributed by atoms with E-state index in [1.807, 2.05) is 36.4 Å². The summed E-state index contributed by atoms with van der Waals surface area (Å²) in [5, 5.41) is 0. The van der Waals surface area contributed by atoms with Crippen LogP contribution in [0.1, 0.15) is 150 Å². The van der Waals surface area contributed by atoms with E-state index in [0.717, 1.165) is 45.8 Å². The third-order valence-corrected chi connectivity index (χ3v) is 8.36. The molecule has 2 aromatic rings. The zero-order valence-corrected chi connectivity index (χ0v) is 26.9. The lowest BCUT2D eigenvalue weighted by atomic mass is 9.89.